The molecule has 2 aromatic rings. The van der Waals surface area contributed by atoms with Crippen molar-refractivity contribution in [3.05, 3.63) is 64.7 Å². The molecule has 0 saturated carbocycles. The zero-order chi connectivity index (χ0) is 18.4. The highest BCUT2D eigenvalue weighted by Crippen LogP contribution is 2.45. The molecule has 0 bridgehead atoms. The molecule has 132 valence electrons. The van der Waals surface area contributed by atoms with Gasteiger partial charge in [-0.3, -0.25) is 0 Å². The average molecular weight is 349 g/mol. The second-order valence-electron chi connectivity index (χ2n) is 9.16. The highest BCUT2D eigenvalue weighted by Gasteiger charge is 2.31. The maximum atomic E-state index is 2.50. The van der Waals surface area contributed by atoms with Gasteiger partial charge in [0.15, 0.2) is 0 Å². The first-order valence-corrected chi connectivity index (χ1v) is 12.6. The van der Waals surface area contributed by atoms with Gasteiger partial charge in [0.25, 0.3) is 0 Å². The van der Waals surface area contributed by atoms with E-state index in [0.717, 1.165) is 0 Å². The van der Waals surface area contributed by atoms with Gasteiger partial charge in [-0.2, -0.15) is 0 Å². The smallest absolute Gasteiger partial charge is 0.0440 e. The van der Waals surface area contributed by atoms with E-state index in [4.69, 9.17) is 0 Å². The second-order valence-corrected chi connectivity index (χ2v) is 12.3. The lowest BCUT2D eigenvalue weighted by molar-refractivity contribution is 0.590. The normalized spacial score (nSPS) is 17.2. The van der Waals surface area contributed by atoms with Gasteiger partial charge in [0.05, 0.1) is 0 Å². The fourth-order valence-corrected chi connectivity index (χ4v) is 6.38. The molecule has 0 N–H and O–H groups in total. The summed E-state index contributed by atoms with van der Waals surface area (Å²) in [6.07, 6.45) is 2.50. The Kier molecular flexibility index (Phi) is 4.81. The van der Waals surface area contributed by atoms with Gasteiger partial charge in [-0.1, -0.05) is 102 Å². The van der Waals surface area contributed by atoms with Gasteiger partial charge >= 0.3 is 0 Å². The summed E-state index contributed by atoms with van der Waals surface area (Å²) >= 11 is 0. The fraction of sp³-hybridized carbons (Fsp3) is 0.417. The van der Waals surface area contributed by atoms with Gasteiger partial charge in [0, 0.05) is 8.80 Å². The van der Waals surface area contributed by atoms with Gasteiger partial charge < -0.3 is 0 Å². The minimum Gasteiger partial charge on any atom is -0.0714 e. The summed E-state index contributed by atoms with van der Waals surface area (Å²) < 4.78 is 0. The van der Waals surface area contributed by atoms with Gasteiger partial charge in [-0.25, -0.2) is 0 Å². The van der Waals surface area contributed by atoms with Crippen molar-refractivity contribution in [2.75, 3.05) is 0 Å². The van der Waals surface area contributed by atoms with E-state index in [1.807, 2.05) is 0 Å². The molecular weight excluding hydrogens is 316 g/mol. The summed E-state index contributed by atoms with van der Waals surface area (Å²) in [5.74, 6) is 0.628. The van der Waals surface area contributed by atoms with E-state index in [9.17, 15) is 0 Å². The zero-order valence-electron chi connectivity index (χ0n) is 16.9. The molecule has 0 aromatic heterocycles. The molecule has 1 heteroatoms. The Morgan fingerprint density at radius 3 is 2.08 bits per heavy atom. The van der Waals surface area contributed by atoms with Gasteiger partial charge in [0.1, 0.15) is 0 Å². The van der Waals surface area contributed by atoms with Crippen LogP contribution in [0.3, 0.4) is 0 Å². The molecule has 1 atom stereocenters. The van der Waals surface area contributed by atoms with E-state index in [2.05, 4.69) is 96.3 Å². The van der Waals surface area contributed by atoms with Crippen molar-refractivity contribution in [3.63, 3.8) is 0 Å². The van der Waals surface area contributed by atoms with E-state index in [1.165, 1.54) is 22.3 Å². The molecule has 0 heterocycles. The first kappa shape index (κ1) is 18.2. The largest absolute Gasteiger partial charge is 0.0714 e. The molecule has 0 radical (unpaired) electrons. The van der Waals surface area contributed by atoms with E-state index >= 15 is 0 Å². The number of allylic oxidation sites excluding steroid dienone is 1. The van der Waals surface area contributed by atoms with Crippen LogP contribution < -0.4 is 0 Å². The van der Waals surface area contributed by atoms with Crippen molar-refractivity contribution in [1.29, 1.82) is 0 Å². The molecule has 1 aliphatic rings. The highest BCUT2D eigenvalue weighted by atomic mass is 28.3. The quantitative estimate of drug-likeness (QED) is 0.534. The summed E-state index contributed by atoms with van der Waals surface area (Å²) in [5.41, 5.74) is 9.73. The summed E-state index contributed by atoms with van der Waals surface area (Å²) in [6.45, 7) is 16.5. The second kappa shape index (κ2) is 6.61. The van der Waals surface area contributed by atoms with Crippen LogP contribution in [0, 0.1) is 5.92 Å². The molecule has 2 aromatic carbocycles. The number of rotatable bonds is 3. The average Bonchev–Trinajstić information content (AvgIpc) is 2.94. The third-order valence-electron chi connectivity index (χ3n) is 5.54. The van der Waals surface area contributed by atoms with Crippen LogP contribution in [0.1, 0.15) is 56.9 Å². The first-order valence-electron chi connectivity index (χ1n) is 9.65. The van der Waals surface area contributed by atoms with Crippen molar-refractivity contribution in [1.82, 2.24) is 0 Å². The van der Waals surface area contributed by atoms with Crippen molar-refractivity contribution in [3.8, 4) is 11.1 Å². The molecule has 25 heavy (non-hydrogen) atoms. The molecule has 0 aliphatic heterocycles. The number of fused-ring (bicyclic) bond motifs is 1. The Morgan fingerprint density at radius 1 is 0.920 bits per heavy atom. The van der Waals surface area contributed by atoms with Gasteiger partial charge in [-0.15, -0.1) is 0 Å². The minimum atomic E-state index is -0.788. The van der Waals surface area contributed by atoms with E-state index < -0.39 is 8.80 Å². The summed E-state index contributed by atoms with van der Waals surface area (Å²) in [5, 5.41) is 0. The summed E-state index contributed by atoms with van der Waals surface area (Å²) in [7, 11) is -0.788. The Balaban J connectivity index is 2.09. The van der Waals surface area contributed by atoms with Crippen molar-refractivity contribution in [2.45, 2.75) is 58.7 Å². The fourth-order valence-electron chi connectivity index (χ4n) is 4.12. The lowest BCUT2D eigenvalue weighted by Crippen LogP contribution is -2.18. The molecule has 0 saturated heterocycles. The molecule has 0 fully saturated rings. The zero-order valence-corrected chi connectivity index (χ0v) is 18.0. The SMILES string of the molecule is CC(C)C1=Cc2c(-c3ccc(C(C)(C)C)cc3)cccc2C1[SiH](C)C. The Labute approximate surface area is 155 Å². The predicted octanol–water partition coefficient (Wildman–Crippen LogP) is 6.81. The topological polar surface area (TPSA) is 0 Å². The van der Waals surface area contributed by atoms with Crippen LogP contribution in [-0.4, -0.2) is 8.80 Å². The van der Waals surface area contributed by atoms with E-state index in [0.29, 0.717) is 11.5 Å². The van der Waals surface area contributed by atoms with Gasteiger partial charge in [0.2, 0.25) is 0 Å². The Hall–Kier alpha value is -1.60. The monoisotopic (exact) mass is 348 g/mol. The lowest BCUT2D eigenvalue weighted by atomic mass is 9.86. The lowest BCUT2D eigenvalue weighted by Gasteiger charge is -2.23. The number of benzene rings is 2. The summed E-state index contributed by atoms with van der Waals surface area (Å²) in [6, 6.07) is 16.1. The minimum absolute atomic E-state index is 0.205. The molecule has 0 nitrogen and oxygen atoms in total. The highest BCUT2D eigenvalue weighted by molar-refractivity contribution is 6.58. The van der Waals surface area contributed by atoms with Crippen LogP contribution in [0.15, 0.2) is 48.0 Å². The van der Waals surface area contributed by atoms with Crippen LogP contribution in [0.5, 0.6) is 0 Å². The standard InChI is InChI=1S/C24H32Si/c1-16(2)21-15-22-19(9-8-10-20(22)23(21)25(6)7)17-11-13-18(14-12-17)24(3,4)5/h8-16,23,25H,1-7H3. The van der Waals surface area contributed by atoms with Crippen molar-refractivity contribution >= 4 is 14.9 Å². The maximum absolute atomic E-state index is 2.50. The number of hydrogen-bond acceptors (Lipinski definition) is 0. The predicted molar refractivity (Wildman–Crippen MR) is 115 cm³/mol. The molecule has 3 rings (SSSR count). The van der Waals surface area contributed by atoms with Crippen LogP contribution in [0.2, 0.25) is 13.1 Å². The molecule has 1 unspecified atom stereocenters. The van der Waals surface area contributed by atoms with Crippen LogP contribution in [0.4, 0.5) is 0 Å². The molecule has 1 aliphatic carbocycles. The molecule has 0 spiro atoms. The maximum Gasteiger partial charge on any atom is 0.0440 e. The van der Waals surface area contributed by atoms with Gasteiger partial charge in [-0.05, 0) is 44.7 Å². The van der Waals surface area contributed by atoms with Crippen molar-refractivity contribution < 1.29 is 0 Å². The molecule has 0 amide bonds. The van der Waals surface area contributed by atoms with E-state index in [1.54, 1.807) is 11.1 Å². The molecular formula is C24H32Si. The van der Waals surface area contributed by atoms with Crippen molar-refractivity contribution in [2.24, 2.45) is 5.92 Å². The third kappa shape index (κ3) is 3.39. The van der Waals surface area contributed by atoms with Crippen LogP contribution >= 0.6 is 0 Å². The Bertz CT molecular complexity index is 786. The van der Waals surface area contributed by atoms with E-state index in [-0.39, 0.29) is 5.41 Å². The summed E-state index contributed by atoms with van der Waals surface area (Å²) in [4.78, 5) is 0. The third-order valence-corrected chi connectivity index (χ3v) is 7.62. The first-order chi connectivity index (χ1) is 11.7. The van der Waals surface area contributed by atoms with Crippen LogP contribution in [-0.2, 0) is 5.41 Å². The number of hydrogen-bond donors (Lipinski definition) is 0. The Morgan fingerprint density at radius 2 is 1.56 bits per heavy atom. The van der Waals surface area contributed by atoms with Crippen LogP contribution in [0.25, 0.3) is 17.2 Å².